The Bertz CT molecular complexity index is 787. The topological polar surface area (TPSA) is 33.0 Å². The van der Waals surface area contributed by atoms with Gasteiger partial charge in [0.1, 0.15) is 12.7 Å². The third-order valence-corrected chi connectivity index (χ3v) is 5.44. The summed E-state index contributed by atoms with van der Waals surface area (Å²) in [7, 11) is 0. The van der Waals surface area contributed by atoms with Crippen LogP contribution in [0.2, 0.25) is 0 Å². The van der Waals surface area contributed by atoms with E-state index in [2.05, 4.69) is 19.1 Å². The largest absolute Gasteiger partial charge is 0.486 e. The molecule has 2 aromatic carbocycles. The zero-order valence-electron chi connectivity index (χ0n) is 15.0. The molecule has 1 saturated carbocycles. The fraction of sp³-hybridized carbons (Fsp3) is 0.409. The molecule has 0 N–H and O–H groups in total. The summed E-state index contributed by atoms with van der Waals surface area (Å²) >= 11 is 0. The summed E-state index contributed by atoms with van der Waals surface area (Å²) in [5.41, 5.74) is 1.93. The zero-order chi connectivity index (χ0) is 18.5. The van der Waals surface area contributed by atoms with Crippen molar-refractivity contribution < 1.29 is 13.5 Å². The molecule has 0 aliphatic heterocycles. The van der Waals surface area contributed by atoms with Gasteiger partial charge in [0.15, 0.2) is 11.6 Å². The van der Waals surface area contributed by atoms with Gasteiger partial charge in [0.05, 0.1) is 5.56 Å². The SMILES string of the molecule is CC[C@H]1CC[C@H](c2ccc(COc3ccc(C#N)c(F)c3F)cc2)CC1. The van der Waals surface area contributed by atoms with Crippen LogP contribution in [-0.2, 0) is 6.61 Å². The summed E-state index contributed by atoms with van der Waals surface area (Å²) in [4.78, 5) is 0. The number of rotatable bonds is 5. The van der Waals surface area contributed by atoms with Gasteiger partial charge < -0.3 is 4.74 Å². The Morgan fingerprint density at radius 2 is 1.69 bits per heavy atom. The van der Waals surface area contributed by atoms with Crippen molar-refractivity contribution in [3.63, 3.8) is 0 Å². The fourth-order valence-corrected chi connectivity index (χ4v) is 3.68. The Morgan fingerprint density at radius 3 is 2.31 bits per heavy atom. The first kappa shape index (κ1) is 18.4. The van der Waals surface area contributed by atoms with E-state index in [0.717, 1.165) is 11.5 Å². The van der Waals surface area contributed by atoms with Gasteiger partial charge in [0, 0.05) is 0 Å². The van der Waals surface area contributed by atoms with Gasteiger partial charge in [-0.05, 0) is 60.8 Å². The summed E-state index contributed by atoms with van der Waals surface area (Å²) in [5.74, 6) is -0.959. The third-order valence-electron chi connectivity index (χ3n) is 5.44. The summed E-state index contributed by atoms with van der Waals surface area (Å²) in [6, 6.07) is 12.3. The molecule has 0 bridgehead atoms. The van der Waals surface area contributed by atoms with Crippen LogP contribution >= 0.6 is 0 Å². The van der Waals surface area contributed by atoms with E-state index in [1.54, 1.807) is 6.07 Å². The molecule has 0 radical (unpaired) electrons. The molecule has 2 nitrogen and oxygen atoms in total. The van der Waals surface area contributed by atoms with Crippen LogP contribution in [0.4, 0.5) is 8.78 Å². The lowest BCUT2D eigenvalue weighted by atomic mass is 9.78. The minimum absolute atomic E-state index is 0.158. The van der Waals surface area contributed by atoms with Crippen molar-refractivity contribution in [1.82, 2.24) is 0 Å². The molecule has 0 atom stereocenters. The highest BCUT2D eigenvalue weighted by molar-refractivity contribution is 5.38. The minimum Gasteiger partial charge on any atom is -0.486 e. The Balaban J connectivity index is 1.60. The van der Waals surface area contributed by atoms with Crippen LogP contribution in [0.15, 0.2) is 36.4 Å². The highest BCUT2D eigenvalue weighted by Crippen LogP contribution is 2.37. The van der Waals surface area contributed by atoms with Crippen LogP contribution in [0.1, 0.15) is 61.6 Å². The van der Waals surface area contributed by atoms with Crippen molar-refractivity contribution >= 4 is 0 Å². The molecule has 4 heteroatoms. The van der Waals surface area contributed by atoms with Crippen molar-refractivity contribution in [3.8, 4) is 11.8 Å². The van der Waals surface area contributed by atoms with Crippen LogP contribution in [0.25, 0.3) is 0 Å². The first-order valence-electron chi connectivity index (χ1n) is 9.22. The minimum atomic E-state index is -1.16. The summed E-state index contributed by atoms with van der Waals surface area (Å²) in [5, 5.41) is 8.71. The number of halogens is 2. The number of hydrogen-bond acceptors (Lipinski definition) is 2. The monoisotopic (exact) mass is 355 g/mol. The fourth-order valence-electron chi connectivity index (χ4n) is 3.68. The highest BCUT2D eigenvalue weighted by atomic mass is 19.2. The van der Waals surface area contributed by atoms with E-state index in [-0.39, 0.29) is 17.9 Å². The first-order chi connectivity index (χ1) is 12.6. The number of benzene rings is 2. The molecule has 1 aliphatic rings. The smallest absolute Gasteiger partial charge is 0.202 e. The van der Waals surface area contributed by atoms with Gasteiger partial charge >= 0.3 is 0 Å². The van der Waals surface area contributed by atoms with Crippen molar-refractivity contribution in [2.45, 2.75) is 51.6 Å². The van der Waals surface area contributed by atoms with Gasteiger partial charge in [-0.1, -0.05) is 37.6 Å². The second-order valence-electron chi connectivity index (χ2n) is 7.01. The Morgan fingerprint density at radius 1 is 1.00 bits per heavy atom. The average Bonchev–Trinajstić information content (AvgIpc) is 2.70. The van der Waals surface area contributed by atoms with E-state index in [1.165, 1.54) is 49.8 Å². The highest BCUT2D eigenvalue weighted by Gasteiger charge is 2.21. The van der Waals surface area contributed by atoms with Gasteiger partial charge in [-0.3, -0.25) is 0 Å². The quantitative estimate of drug-likeness (QED) is 0.649. The molecule has 0 amide bonds. The van der Waals surface area contributed by atoms with Crippen molar-refractivity contribution in [2.75, 3.05) is 0 Å². The number of hydrogen-bond donors (Lipinski definition) is 0. The molecular weight excluding hydrogens is 332 g/mol. The normalized spacial score (nSPS) is 19.8. The second-order valence-corrected chi connectivity index (χ2v) is 7.01. The maximum Gasteiger partial charge on any atom is 0.202 e. The summed E-state index contributed by atoms with van der Waals surface area (Å²) < 4.78 is 32.9. The van der Waals surface area contributed by atoms with Crippen LogP contribution < -0.4 is 4.74 Å². The van der Waals surface area contributed by atoms with Gasteiger partial charge in [0.25, 0.3) is 0 Å². The molecule has 0 spiro atoms. The lowest BCUT2D eigenvalue weighted by Gasteiger charge is -2.28. The Labute approximate surface area is 153 Å². The van der Waals surface area contributed by atoms with Crippen LogP contribution in [0, 0.1) is 28.9 Å². The Kier molecular flexibility index (Phi) is 5.88. The standard InChI is InChI=1S/C22H23F2NO/c1-2-15-3-7-17(8-4-15)18-9-5-16(6-10-18)14-26-20-12-11-19(13-25)21(23)22(20)24/h5-6,9-12,15,17H,2-4,7-8,14H2,1H3/t15-,17-. The third kappa shape index (κ3) is 4.04. The number of ether oxygens (including phenoxy) is 1. The average molecular weight is 355 g/mol. The van der Waals surface area contributed by atoms with E-state index >= 15 is 0 Å². The molecule has 26 heavy (non-hydrogen) atoms. The van der Waals surface area contributed by atoms with Crippen molar-refractivity contribution in [1.29, 1.82) is 5.26 Å². The molecular formula is C22H23F2NO. The molecule has 0 heterocycles. The maximum atomic E-state index is 13.9. The molecule has 0 aromatic heterocycles. The second kappa shape index (κ2) is 8.31. The van der Waals surface area contributed by atoms with Crippen LogP contribution in [0.5, 0.6) is 5.75 Å². The van der Waals surface area contributed by atoms with E-state index < -0.39 is 11.6 Å². The van der Waals surface area contributed by atoms with Crippen LogP contribution in [-0.4, -0.2) is 0 Å². The molecule has 3 rings (SSSR count). The lowest BCUT2D eigenvalue weighted by molar-refractivity contribution is 0.284. The van der Waals surface area contributed by atoms with Crippen molar-refractivity contribution in [3.05, 3.63) is 64.7 Å². The number of nitriles is 1. The van der Waals surface area contributed by atoms with Gasteiger partial charge in [-0.15, -0.1) is 0 Å². The van der Waals surface area contributed by atoms with E-state index in [1.807, 2.05) is 12.1 Å². The molecule has 0 saturated heterocycles. The molecule has 1 aliphatic carbocycles. The van der Waals surface area contributed by atoms with Gasteiger partial charge in [0.2, 0.25) is 5.82 Å². The Hall–Kier alpha value is -2.41. The lowest BCUT2D eigenvalue weighted by Crippen LogP contribution is -2.12. The first-order valence-corrected chi connectivity index (χ1v) is 9.22. The number of nitrogens with zero attached hydrogens (tertiary/aromatic N) is 1. The van der Waals surface area contributed by atoms with E-state index in [9.17, 15) is 8.78 Å². The predicted molar refractivity (Wildman–Crippen MR) is 96.8 cm³/mol. The molecule has 136 valence electrons. The molecule has 1 fully saturated rings. The van der Waals surface area contributed by atoms with E-state index in [4.69, 9.17) is 10.00 Å². The van der Waals surface area contributed by atoms with E-state index in [0.29, 0.717) is 5.92 Å². The summed E-state index contributed by atoms with van der Waals surface area (Å²) in [6.45, 7) is 2.42. The predicted octanol–water partition coefficient (Wildman–Crippen LogP) is 6.10. The van der Waals surface area contributed by atoms with Crippen molar-refractivity contribution in [2.24, 2.45) is 5.92 Å². The van der Waals surface area contributed by atoms with Gasteiger partial charge in [-0.2, -0.15) is 9.65 Å². The van der Waals surface area contributed by atoms with Gasteiger partial charge in [-0.25, -0.2) is 4.39 Å². The molecule has 2 aromatic rings. The summed E-state index contributed by atoms with van der Waals surface area (Å²) in [6.07, 6.45) is 6.36. The zero-order valence-corrected chi connectivity index (χ0v) is 15.0. The molecule has 0 unspecified atom stereocenters. The maximum absolute atomic E-state index is 13.9. The van der Waals surface area contributed by atoms with Crippen LogP contribution in [0.3, 0.4) is 0 Å².